The van der Waals surface area contributed by atoms with Crippen LogP contribution in [0.2, 0.25) is 5.02 Å². The summed E-state index contributed by atoms with van der Waals surface area (Å²) in [4.78, 5) is 18.7. The predicted octanol–water partition coefficient (Wildman–Crippen LogP) is 3.17. The summed E-state index contributed by atoms with van der Waals surface area (Å²) in [6, 6.07) is 7.31. The zero-order valence-electron chi connectivity index (χ0n) is 15.1. The van der Waals surface area contributed by atoms with Crippen LogP contribution in [0.1, 0.15) is 31.6 Å². The summed E-state index contributed by atoms with van der Waals surface area (Å²) in [7, 11) is 1.98. The van der Waals surface area contributed by atoms with Crippen LogP contribution >= 0.6 is 11.6 Å². The van der Waals surface area contributed by atoms with Crippen LogP contribution in [0.4, 0.5) is 0 Å². The van der Waals surface area contributed by atoms with Crippen molar-refractivity contribution in [3.63, 3.8) is 0 Å². The minimum atomic E-state index is 0.227. The van der Waals surface area contributed by atoms with Crippen LogP contribution in [0.3, 0.4) is 0 Å². The van der Waals surface area contributed by atoms with Crippen molar-refractivity contribution >= 4 is 17.5 Å². The number of halogens is 1. The van der Waals surface area contributed by atoms with E-state index in [9.17, 15) is 4.79 Å². The number of hydrogen-bond acceptors (Lipinski definition) is 5. The zero-order chi connectivity index (χ0) is 18.4. The Kier molecular flexibility index (Phi) is 6.63. The van der Waals surface area contributed by atoms with Crippen molar-refractivity contribution in [3.05, 3.63) is 35.2 Å². The second kappa shape index (κ2) is 9.14. The van der Waals surface area contributed by atoms with Crippen molar-refractivity contribution in [2.75, 3.05) is 26.7 Å². The normalized spacial score (nSPS) is 15.4. The van der Waals surface area contributed by atoms with E-state index in [2.05, 4.69) is 15.5 Å². The quantitative estimate of drug-likeness (QED) is 0.803. The fourth-order valence-electron chi connectivity index (χ4n) is 3.30. The molecule has 1 amide bonds. The lowest BCUT2D eigenvalue weighted by atomic mass is 9.96. The van der Waals surface area contributed by atoms with Gasteiger partial charge in [0.1, 0.15) is 0 Å². The Hall–Kier alpha value is -1.92. The van der Waals surface area contributed by atoms with Gasteiger partial charge in [-0.3, -0.25) is 4.79 Å². The van der Waals surface area contributed by atoms with E-state index < -0.39 is 0 Å². The van der Waals surface area contributed by atoms with Crippen molar-refractivity contribution in [2.45, 2.75) is 32.1 Å². The van der Waals surface area contributed by atoms with Gasteiger partial charge in [0.2, 0.25) is 17.6 Å². The fraction of sp³-hybridized carbons (Fsp3) is 0.526. The lowest BCUT2D eigenvalue weighted by Gasteiger charge is -2.32. The van der Waals surface area contributed by atoms with Gasteiger partial charge in [-0.15, -0.1) is 0 Å². The van der Waals surface area contributed by atoms with Gasteiger partial charge in [-0.1, -0.05) is 16.8 Å². The first-order chi connectivity index (χ1) is 12.7. The number of carbonyl (C=O) groups excluding carboxylic acids is 1. The highest BCUT2D eigenvalue weighted by Gasteiger charge is 2.22. The van der Waals surface area contributed by atoms with Gasteiger partial charge >= 0.3 is 0 Å². The summed E-state index contributed by atoms with van der Waals surface area (Å²) in [5.41, 5.74) is 0.866. The molecule has 2 aromatic rings. The average molecular weight is 377 g/mol. The maximum atomic E-state index is 12.3. The molecule has 1 fully saturated rings. The molecule has 140 valence electrons. The summed E-state index contributed by atoms with van der Waals surface area (Å²) < 4.78 is 5.29. The summed E-state index contributed by atoms with van der Waals surface area (Å²) in [6.45, 7) is 2.77. The van der Waals surface area contributed by atoms with E-state index in [0.717, 1.165) is 44.5 Å². The number of hydrogen-bond donors (Lipinski definition) is 1. The van der Waals surface area contributed by atoms with Crippen LogP contribution in [-0.4, -0.2) is 47.6 Å². The van der Waals surface area contributed by atoms with Gasteiger partial charge in [0.05, 0.1) is 0 Å². The summed E-state index contributed by atoms with van der Waals surface area (Å²) in [5, 5.41) is 7.89. The van der Waals surface area contributed by atoms with Gasteiger partial charge in [-0.25, -0.2) is 0 Å². The van der Waals surface area contributed by atoms with E-state index in [0.29, 0.717) is 35.5 Å². The monoisotopic (exact) mass is 376 g/mol. The van der Waals surface area contributed by atoms with E-state index >= 15 is 0 Å². The third-order valence-corrected chi connectivity index (χ3v) is 5.06. The Morgan fingerprint density at radius 2 is 2.04 bits per heavy atom. The average Bonchev–Trinajstić information content (AvgIpc) is 3.12. The molecule has 1 N–H and O–H groups in total. The molecule has 0 atom stereocenters. The van der Waals surface area contributed by atoms with Crippen LogP contribution in [-0.2, 0) is 11.2 Å². The number of benzene rings is 1. The Morgan fingerprint density at radius 1 is 1.31 bits per heavy atom. The standard InChI is InChI=1S/C19H25ClN4O2/c1-21-13-14-9-11-24(12-10-14)18(25)4-2-3-17-22-19(23-26-17)15-5-7-16(20)8-6-15/h5-8,14,21H,2-4,9-13H2,1H3. The number of amides is 1. The fourth-order valence-corrected chi connectivity index (χ4v) is 3.42. The van der Waals surface area contributed by atoms with Gasteiger partial charge in [-0.05, 0) is 63.0 Å². The highest BCUT2D eigenvalue weighted by atomic mass is 35.5. The molecule has 1 saturated heterocycles. The van der Waals surface area contributed by atoms with Crippen molar-refractivity contribution in [2.24, 2.45) is 5.92 Å². The first kappa shape index (κ1) is 18.9. The van der Waals surface area contributed by atoms with E-state index in [1.807, 2.05) is 24.1 Å². The van der Waals surface area contributed by atoms with Gasteiger partial charge < -0.3 is 14.7 Å². The Labute approximate surface area is 158 Å². The Balaban J connectivity index is 1.42. The third-order valence-electron chi connectivity index (χ3n) is 4.81. The number of piperidine rings is 1. The van der Waals surface area contributed by atoms with Gasteiger partial charge in [0.15, 0.2) is 0 Å². The molecule has 0 radical (unpaired) electrons. The first-order valence-corrected chi connectivity index (χ1v) is 9.54. The summed E-state index contributed by atoms with van der Waals surface area (Å²) in [6.07, 6.45) is 4.02. The Morgan fingerprint density at radius 3 is 2.73 bits per heavy atom. The number of aryl methyl sites for hydroxylation is 1. The zero-order valence-corrected chi connectivity index (χ0v) is 15.8. The molecular weight excluding hydrogens is 352 g/mol. The van der Waals surface area contributed by atoms with Gasteiger partial charge in [0.25, 0.3) is 0 Å². The van der Waals surface area contributed by atoms with E-state index in [1.165, 1.54) is 0 Å². The van der Waals surface area contributed by atoms with Crippen molar-refractivity contribution in [1.82, 2.24) is 20.4 Å². The molecule has 0 spiro atoms. The van der Waals surface area contributed by atoms with Crippen molar-refractivity contribution in [3.8, 4) is 11.4 Å². The number of carbonyl (C=O) groups is 1. The molecule has 7 heteroatoms. The molecule has 0 aliphatic carbocycles. The van der Waals surface area contributed by atoms with Crippen LogP contribution < -0.4 is 5.32 Å². The van der Waals surface area contributed by atoms with Crippen molar-refractivity contribution in [1.29, 1.82) is 0 Å². The lowest BCUT2D eigenvalue weighted by Crippen LogP contribution is -2.40. The number of rotatable bonds is 7. The molecule has 0 unspecified atom stereocenters. The molecule has 26 heavy (non-hydrogen) atoms. The summed E-state index contributed by atoms with van der Waals surface area (Å²) >= 11 is 5.89. The Bertz CT molecular complexity index is 709. The minimum Gasteiger partial charge on any atom is -0.343 e. The maximum Gasteiger partial charge on any atom is 0.226 e. The van der Waals surface area contributed by atoms with E-state index in [1.54, 1.807) is 12.1 Å². The molecule has 0 bridgehead atoms. The number of aromatic nitrogens is 2. The van der Waals surface area contributed by atoms with Gasteiger partial charge in [-0.2, -0.15) is 4.98 Å². The largest absolute Gasteiger partial charge is 0.343 e. The SMILES string of the molecule is CNCC1CCN(C(=O)CCCc2nc(-c3ccc(Cl)cc3)no2)CC1. The molecule has 1 aliphatic rings. The second-order valence-corrected chi connectivity index (χ2v) is 7.19. The molecule has 1 aromatic heterocycles. The van der Waals surface area contributed by atoms with Gasteiger partial charge in [0, 0.05) is 36.5 Å². The van der Waals surface area contributed by atoms with E-state index in [4.69, 9.17) is 16.1 Å². The highest BCUT2D eigenvalue weighted by molar-refractivity contribution is 6.30. The minimum absolute atomic E-state index is 0.227. The molecule has 0 saturated carbocycles. The smallest absolute Gasteiger partial charge is 0.226 e. The molecule has 6 nitrogen and oxygen atoms in total. The first-order valence-electron chi connectivity index (χ1n) is 9.16. The summed E-state index contributed by atoms with van der Waals surface area (Å²) in [5.74, 6) is 2.03. The van der Waals surface area contributed by atoms with Crippen molar-refractivity contribution < 1.29 is 9.32 Å². The lowest BCUT2D eigenvalue weighted by molar-refractivity contribution is -0.132. The second-order valence-electron chi connectivity index (χ2n) is 6.75. The van der Waals surface area contributed by atoms with Crippen LogP contribution in [0.25, 0.3) is 11.4 Å². The molecular formula is C19H25ClN4O2. The van der Waals surface area contributed by atoms with Crippen LogP contribution in [0, 0.1) is 5.92 Å². The number of nitrogens with zero attached hydrogens (tertiary/aromatic N) is 3. The third kappa shape index (κ3) is 5.05. The number of nitrogens with one attached hydrogen (secondary N) is 1. The number of likely N-dealkylation sites (tertiary alicyclic amines) is 1. The highest BCUT2D eigenvalue weighted by Crippen LogP contribution is 2.20. The topological polar surface area (TPSA) is 71.3 Å². The molecule has 2 heterocycles. The molecule has 1 aromatic carbocycles. The van der Waals surface area contributed by atoms with E-state index in [-0.39, 0.29) is 5.91 Å². The predicted molar refractivity (Wildman–Crippen MR) is 101 cm³/mol. The van der Waals surface area contributed by atoms with Crippen LogP contribution in [0.15, 0.2) is 28.8 Å². The van der Waals surface area contributed by atoms with Crippen LogP contribution in [0.5, 0.6) is 0 Å². The molecule has 3 rings (SSSR count). The maximum absolute atomic E-state index is 12.3. The molecule has 1 aliphatic heterocycles.